The van der Waals surface area contributed by atoms with Crippen LogP contribution in [0.1, 0.15) is 55.4 Å². The first kappa shape index (κ1) is 26.3. The SMILES string of the molecule is C=C(CO)S(=O)(=O)N1CCc2cccc(C3CCc4c(sc(NC(=O)c5ccccc5F)c4C#N)C3)c2C1. The van der Waals surface area contributed by atoms with E-state index in [1.807, 2.05) is 18.2 Å². The lowest BCUT2D eigenvalue weighted by Gasteiger charge is -2.32. The zero-order valence-corrected chi connectivity index (χ0v) is 22.2. The van der Waals surface area contributed by atoms with Crippen LogP contribution in [0, 0.1) is 17.1 Å². The highest BCUT2D eigenvalue weighted by Gasteiger charge is 2.33. The van der Waals surface area contributed by atoms with Gasteiger partial charge in [0.25, 0.3) is 5.91 Å². The topological polar surface area (TPSA) is 110 Å². The van der Waals surface area contributed by atoms with Gasteiger partial charge in [0.05, 0.1) is 22.6 Å². The van der Waals surface area contributed by atoms with E-state index >= 15 is 0 Å². The highest BCUT2D eigenvalue weighted by molar-refractivity contribution is 7.93. The molecule has 3 aromatic rings. The number of sulfonamides is 1. The number of aliphatic hydroxyl groups is 1. The number of anilines is 1. The molecule has 0 fully saturated rings. The fourth-order valence-corrected chi connectivity index (χ4v) is 7.74. The molecular formula is C28H26FN3O4S2. The second-order valence-electron chi connectivity index (χ2n) is 9.46. The number of carbonyl (C=O) groups excluding carboxylic acids is 1. The Bertz CT molecular complexity index is 1590. The van der Waals surface area contributed by atoms with E-state index in [1.54, 1.807) is 6.07 Å². The number of nitriles is 1. The molecule has 0 saturated carbocycles. The Balaban J connectivity index is 1.42. The van der Waals surface area contributed by atoms with Crippen LogP contribution >= 0.6 is 11.3 Å². The summed E-state index contributed by atoms with van der Waals surface area (Å²) in [7, 11) is -3.81. The minimum atomic E-state index is -3.81. The van der Waals surface area contributed by atoms with Crippen molar-refractivity contribution < 1.29 is 22.7 Å². The molecule has 1 aromatic heterocycles. The maximum absolute atomic E-state index is 14.1. The molecule has 1 unspecified atom stereocenters. The smallest absolute Gasteiger partial charge is 0.259 e. The number of amides is 1. The number of nitrogens with zero attached hydrogens (tertiary/aromatic N) is 2. The van der Waals surface area contributed by atoms with Gasteiger partial charge in [-0.15, -0.1) is 11.3 Å². The lowest BCUT2D eigenvalue weighted by molar-refractivity contribution is 0.102. The van der Waals surface area contributed by atoms with Gasteiger partial charge in [0.2, 0.25) is 10.0 Å². The molecule has 10 heteroatoms. The molecule has 2 heterocycles. The van der Waals surface area contributed by atoms with Crippen molar-refractivity contribution in [3.63, 3.8) is 0 Å². The molecule has 2 N–H and O–H groups in total. The molecule has 2 aromatic carbocycles. The van der Waals surface area contributed by atoms with Crippen LogP contribution in [0.15, 0.2) is 53.9 Å². The van der Waals surface area contributed by atoms with Crippen molar-refractivity contribution in [3.05, 3.63) is 98.0 Å². The second kappa shape index (κ2) is 10.4. The van der Waals surface area contributed by atoms with Crippen molar-refractivity contribution in [2.45, 2.75) is 38.1 Å². The van der Waals surface area contributed by atoms with Crippen molar-refractivity contribution in [1.82, 2.24) is 4.31 Å². The first-order valence-corrected chi connectivity index (χ1v) is 14.5. The number of carbonyl (C=O) groups is 1. The molecular weight excluding hydrogens is 525 g/mol. The molecule has 196 valence electrons. The van der Waals surface area contributed by atoms with Gasteiger partial charge in [0.1, 0.15) is 16.9 Å². The van der Waals surface area contributed by atoms with Crippen molar-refractivity contribution >= 4 is 32.3 Å². The molecule has 2 aliphatic rings. The normalized spacial score (nSPS) is 17.2. The van der Waals surface area contributed by atoms with Gasteiger partial charge >= 0.3 is 0 Å². The van der Waals surface area contributed by atoms with E-state index in [4.69, 9.17) is 0 Å². The summed E-state index contributed by atoms with van der Waals surface area (Å²) >= 11 is 1.34. The van der Waals surface area contributed by atoms with Gasteiger partial charge in [0.15, 0.2) is 0 Å². The van der Waals surface area contributed by atoms with Crippen LogP contribution in [0.3, 0.4) is 0 Å². The molecule has 1 atom stereocenters. The largest absolute Gasteiger partial charge is 0.391 e. The number of fused-ring (bicyclic) bond motifs is 2. The van der Waals surface area contributed by atoms with Crippen LogP contribution in [0.5, 0.6) is 0 Å². The van der Waals surface area contributed by atoms with Crippen molar-refractivity contribution in [2.75, 3.05) is 18.5 Å². The van der Waals surface area contributed by atoms with Gasteiger partial charge in [-0.3, -0.25) is 4.79 Å². The number of aliphatic hydroxyl groups excluding tert-OH is 1. The molecule has 5 rings (SSSR count). The number of thiophene rings is 1. The Hall–Kier alpha value is -3.36. The summed E-state index contributed by atoms with van der Waals surface area (Å²) in [5.74, 6) is -1.11. The van der Waals surface area contributed by atoms with Crippen LogP contribution in [-0.4, -0.2) is 36.9 Å². The van der Waals surface area contributed by atoms with Crippen molar-refractivity contribution in [1.29, 1.82) is 5.26 Å². The number of benzene rings is 2. The number of rotatable bonds is 6. The molecule has 0 spiro atoms. The number of hydrogen-bond donors (Lipinski definition) is 2. The summed E-state index contributed by atoms with van der Waals surface area (Å²) in [6.45, 7) is 3.45. The predicted molar refractivity (Wildman–Crippen MR) is 144 cm³/mol. The standard InChI is InChI=1S/C28H26FN3O4S2/c1-17(16-33)38(35,36)32-12-11-18-5-4-7-20(24(18)15-32)19-9-10-21-23(14-30)28(37-26(21)13-19)31-27(34)22-6-2-3-8-25(22)29/h2-8,19,33H,1,9-13,15-16H2,(H,31,34). The van der Waals surface area contributed by atoms with Crippen LogP contribution < -0.4 is 5.32 Å². The van der Waals surface area contributed by atoms with Gasteiger partial charge in [-0.25, -0.2) is 12.8 Å². The van der Waals surface area contributed by atoms with Gasteiger partial charge in [-0.1, -0.05) is 36.9 Å². The molecule has 0 radical (unpaired) electrons. The second-order valence-corrected chi connectivity index (χ2v) is 12.6. The van der Waals surface area contributed by atoms with Gasteiger partial charge in [-0.05, 0) is 66.0 Å². The zero-order chi connectivity index (χ0) is 27.0. The molecule has 1 amide bonds. The van der Waals surface area contributed by atoms with Crippen molar-refractivity contribution in [3.8, 4) is 6.07 Å². The summed E-state index contributed by atoms with van der Waals surface area (Å²) < 4.78 is 41.2. The molecule has 7 nitrogen and oxygen atoms in total. The predicted octanol–water partition coefficient (Wildman–Crippen LogP) is 4.48. The van der Waals surface area contributed by atoms with E-state index in [0.29, 0.717) is 36.4 Å². The molecule has 0 saturated heterocycles. The van der Waals surface area contributed by atoms with Gasteiger partial charge in [0, 0.05) is 18.0 Å². The van der Waals surface area contributed by atoms with Gasteiger partial charge < -0.3 is 10.4 Å². The van der Waals surface area contributed by atoms with Crippen molar-refractivity contribution in [2.24, 2.45) is 0 Å². The van der Waals surface area contributed by atoms with Crippen LogP contribution in [0.2, 0.25) is 0 Å². The Morgan fingerprint density at radius 1 is 1.21 bits per heavy atom. The van der Waals surface area contributed by atoms with Crippen LogP contribution in [0.4, 0.5) is 9.39 Å². The first-order chi connectivity index (χ1) is 18.2. The summed E-state index contributed by atoms with van der Waals surface area (Å²) in [5, 5.41) is 22.4. The van der Waals surface area contributed by atoms with E-state index in [-0.39, 0.29) is 22.9 Å². The highest BCUT2D eigenvalue weighted by atomic mass is 32.2. The highest BCUT2D eigenvalue weighted by Crippen LogP contribution is 2.44. The third-order valence-electron chi connectivity index (χ3n) is 7.32. The summed E-state index contributed by atoms with van der Waals surface area (Å²) in [5.41, 5.74) is 4.41. The van der Waals surface area contributed by atoms with E-state index in [9.17, 15) is 28.0 Å². The quantitative estimate of drug-likeness (QED) is 0.470. The summed E-state index contributed by atoms with van der Waals surface area (Å²) in [6.07, 6.45) is 2.63. The molecule has 0 bridgehead atoms. The fourth-order valence-electron chi connectivity index (χ4n) is 5.31. The Morgan fingerprint density at radius 3 is 2.74 bits per heavy atom. The summed E-state index contributed by atoms with van der Waals surface area (Å²) in [4.78, 5) is 13.5. The minimum absolute atomic E-state index is 0.0834. The maximum Gasteiger partial charge on any atom is 0.259 e. The van der Waals surface area contributed by atoms with Crippen LogP contribution in [-0.2, 0) is 35.8 Å². The minimum Gasteiger partial charge on any atom is -0.391 e. The van der Waals surface area contributed by atoms with Gasteiger partial charge in [-0.2, -0.15) is 9.57 Å². The number of halogens is 1. The lowest BCUT2D eigenvalue weighted by Crippen LogP contribution is -2.37. The first-order valence-electron chi connectivity index (χ1n) is 12.2. The zero-order valence-electron chi connectivity index (χ0n) is 20.5. The average Bonchev–Trinajstić information content (AvgIpc) is 3.27. The molecule has 1 aliphatic heterocycles. The van der Waals surface area contributed by atoms with E-state index in [1.165, 1.54) is 33.8 Å². The molecule has 1 aliphatic carbocycles. The Labute approximate surface area is 224 Å². The van der Waals surface area contributed by atoms with E-state index in [0.717, 1.165) is 33.6 Å². The van der Waals surface area contributed by atoms with Crippen LogP contribution in [0.25, 0.3) is 0 Å². The Morgan fingerprint density at radius 2 is 2.00 bits per heavy atom. The number of nitrogens with one attached hydrogen (secondary N) is 1. The molecule has 38 heavy (non-hydrogen) atoms. The Kier molecular flexibility index (Phi) is 7.20. The average molecular weight is 552 g/mol. The third kappa shape index (κ3) is 4.67. The monoisotopic (exact) mass is 551 g/mol. The number of hydrogen-bond acceptors (Lipinski definition) is 6. The van der Waals surface area contributed by atoms with E-state index < -0.39 is 28.4 Å². The maximum atomic E-state index is 14.1. The summed E-state index contributed by atoms with van der Waals surface area (Å²) in [6, 6.07) is 14.0. The fraction of sp³-hybridized carbons (Fsp3) is 0.286. The lowest BCUT2D eigenvalue weighted by atomic mass is 9.79. The van der Waals surface area contributed by atoms with E-state index in [2.05, 4.69) is 18.0 Å². The third-order valence-corrected chi connectivity index (χ3v) is 10.3.